The van der Waals surface area contributed by atoms with E-state index in [1.807, 2.05) is 0 Å². The SMILES string of the molecule is COC(=O)c1nccc(NC(C)(C)C(=O)O)n1. The van der Waals surface area contributed by atoms with Crippen molar-refractivity contribution in [1.82, 2.24) is 9.97 Å². The van der Waals surface area contributed by atoms with Gasteiger partial charge in [0.25, 0.3) is 0 Å². The van der Waals surface area contributed by atoms with Gasteiger partial charge in [-0.2, -0.15) is 0 Å². The molecule has 0 aliphatic rings. The van der Waals surface area contributed by atoms with Crippen molar-refractivity contribution in [2.24, 2.45) is 0 Å². The molecule has 0 atom stereocenters. The maximum atomic E-state index is 11.2. The summed E-state index contributed by atoms with van der Waals surface area (Å²) in [6.45, 7) is 2.96. The second-order valence-electron chi connectivity index (χ2n) is 3.81. The molecule has 7 heteroatoms. The predicted octanol–water partition coefficient (Wildman–Crippen LogP) is 0.538. The van der Waals surface area contributed by atoms with Crippen molar-refractivity contribution < 1.29 is 19.4 Å². The van der Waals surface area contributed by atoms with Gasteiger partial charge in [-0.1, -0.05) is 0 Å². The van der Waals surface area contributed by atoms with Crippen molar-refractivity contribution >= 4 is 17.8 Å². The zero-order valence-corrected chi connectivity index (χ0v) is 9.72. The number of carboxylic acids is 1. The molecule has 17 heavy (non-hydrogen) atoms. The van der Waals surface area contributed by atoms with Gasteiger partial charge >= 0.3 is 11.9 Å². The average Bonchev–Trinajstić information content (AvgIpc) is 2.27. The van der Waals surface area contributed by atoms with Crippen LogP contribution < -0.4 is 5.32 Å². The number of nitrogens with one attached hydrogen (secondary N) is 1. The first-order valence-corrected chi connectivity index (χ1v) is 4.80. The highest BCUT2D eigenvalue weighted by Gasteiger charge is 2.27. The summed E-state index contributed by atoms with van der Waals surface area (Å²) >= 11 is 0. The number of carboxylic acid groups (broad SMARTS) is 1. The largest absolute Gasteiger partial charge is 0.480 e. The normalized spacial score (nSPS) is 10.8. The van der Waals surface area contributed by atoms with Gasteiger partial charge in [0.05, 0.1) is 7.11 Å². The van der Waals surface area contributed by atoms with Crippen LogP contribution in [0.25, 0.3) is 0 Å². The van der Waals surface area contributed by atoms with Crippen molar-refractivity contribution in [3.05, 3.63) is 18.1 Å². The molecule has 0 aliphatic heterocycles. The van der Waals surface area contributed by atoms with Gasteiger partial charge in [0, 0.05) is 6.20 Å². The van der Waals surface area contributed by atoms with E-state index in [0.29, 0.717) is 0 Å². The van der Waals surface area contributed by atoms with E-state index < -0.39 is 17.5 Å². The molecular formula is C10H13N3O4. The molecule has 0 aliphatic carbocycles. The van der Waals surface area contributed by atoms with Gasteiger partial charge < -0.3 is 15.2 Å². The lowest BCUT2D eigenvalue weighted by molar-refractivity contribution is -0.141. The summed E-state index contributed by atoms with van der Waals surface area (Å²) in [5.74, 6) is -1.59. The fourth-order valence-electron chi connectivity index (χ4n) is 0.992. The Morgan fingerprint density at radius 1 is 1.47 bits per heavy atom. The fraction of sp³-hybridized carbons (Fsp3) is 0.400. The third kappa shape index (κ3) is 3.13. The van der Waals surface area contributed by atoms with E-state index in [4.69, 9.17) is 5.11 Å². The van der Waals surface area contributed by atoms with E-state index >= 15 is 0 Å². The predicted molar refractivity (Wildman–Crippen MR) is 58.7 cm³/mol. The minimum atomic E-state index is -1.19. The monoisotopic (exact) mass is 239 g/mol. The molecule has 0 aromatic carbocycles. The third-order valence-electron chi connectivity index (χ3n) is 2.00. The van der Waals surface area contributed by atoms with Gasteiger partial charge in [-0.25, -0.2) is 19.6 Å². The van der Waals surface area contributed by atoms with E-state index in [1.165, 1.54) is 33.2 Å². The first-order valence-electron chi connectivity index (χ1n) is 4.80. The number of hydrogen-bond acceptors (Lipinski definition) is 6. The van der Waals surface area contributed by atoms with E-state index in [-0.39, 0.29) is 11.6 Å². The summed E-state index contributed by atoms with van der Waals surface area (Å²) < 4.78 is 4.46. The minimum absolute atomic E-state index is 0.126. The maximum Gasteiger partial charge on any atom is 0.376 e. The van der Waals surface area contributed by atoms with Crippen molar-refractivity contribution in [3.63, 3.8) is 0 Å². The Bertz CT molecular complexity index is 445. The molecule has 0 fully saturated rings. The molecule has 92 valence electrons. The van der Waals surface area contributed by atoms with Crippen LogP contribution in [0.15, 0.2) is 12.3 Å². The molecule has 1 aromatic rings. The molecular weight excluding hydrogens is 226 g/mol. The van der Waals surface area contributed by atoms with Crippen molar-refractivity contribution in [2.75, 3.05) is 12.4 Å². The van der Waals surface area contributed by atoms with Crippen LogP contribution in [0, 0.1) is 0 Å². The average molecular weight is 239 g/mol. The number of esters is 1. The molecule has 0 saturated heterocycles. The lowest BCUT2D eigenvalue weighted by atomic mass is 10.1. The molecule has 7 nitrogen and oxygen atoms in total. The number of ether oxygens (including phenoxy) is 1. The highest BCUT2D eigenvalue weighted by molar-refractivity contribution is 5.85. The van der Waals surface area contributed by atoms with Crippen LogP contribution in [0.2, 0.25) is 0 Å². The lowest BCUT2D eigenvalue weighted by Crippen LogP contribution is -2.40. The lowest BCUT2D eigenvalue weighted by Gasteiger charge is -2.21. The van der Waals surface area contributed by atoms with Gasteiger partial charge in [0.1, 0.15) is 11.4 Å². The molecule has 0 radical (unpaired) electrons. The number of aliphatic carboxylic acids is 1. The maximum absolute atomic E-state index is 11.2. The van der Waals surface area contributed by atoms with Gasteiger partial charge in [-0.05, 0) is 19.9 Å². The molecule has 1 rings (SSSR count). The van der Waals surface area contributed by atoms with Gasteiger partial charge in [-0.3, -0.25) is 0 Å². The number of carbonyl (C=O) groups is 2. The van der Waals surface area contributed by atoms with Crippen LogP contribution in [0.3, 0.4) is 0 Å². The van der Waals surface area contributed by atoms with E-state index in [2.05, 4.69) is 20.0 Å². The summed E-state index contributed by atoms with van der Waals surface area (Å²) in [5.41, 5.74) is -1.19. The number of carbonyl (C=O) groups excluding carboxylic acids is 1. The van der Waals surface area contributed by atoms with E-state index in [1.54, 1.807) is 0 Å². The Balaban J connectivity index is 2.93. The van der Waals surface area contributed by atoms with Crippen LogP contribution in [0.1, 0.15) is 24.5 Å². The molecule has 0 amide bonds. The molecule has 1 aromatic heterocycles. The quantitative estimate of drug-likeness (QED) is 0.739. The third-order valence-corrected chi connectivity index (χ3v) is 2.00. The van der Waals surface area contributed by atoms with Gasteiger partial charge in [-0.15, -0.1) is 0 Å². The Morgan fingerprint density at radius 3 is 2.65 bits per heavy atom. The number of nitrogens with zero attached hydrogens (tertiary/aromatic N) is 2. The van der Waals surface area contributed by atoms with Crippen molar-refractivity contribution in [3.8, 4) is 0 Å². The fourth-order valence-corrected chi connectivity index (χ4v) is 0.992. The zero-order valence-electron chi connectivity index (χ0n) is 9.72. The number of rotatable bonds is 4. The number of aromatic nitrogens is 2. The molecule has 2 N–H and O–H groups in total. The second-order valence-corrected chi connectivity index (χ2v) is 3.81. The Labute approximate surface area is 97.8 Å². The summed E-state index contributed by atoms with van der Waals surface area (Å²) in [6, 6.07) is 1.47. The summed E-state index contributed by atoms with van der Waals surface area (Å²) in [6.07, 6.45) is 1.35. The summed E-state index contributed by atoms with van der Waals surface area (Å²) in [5, 5.41) is 11.6. The zero-order chi connectivity index (χ0) is 13.1. The second kappa shape index (κ2) is 4.77. The van der Waals surface area contributed by atoms with Crippen LogP contribution in [-0.4, -0.2) is 39.7 Å². The first kappa shape index (κ1) is 12.9. The Morgan fingerprint density at radius 2 is 2.12 bits per heavy atom. The minimum Gasteiger partial charge on any atom is -0.480 e. The Kier molecular flexibility index (Phi) is 3.62. The van der Waals surface area contributed by atoms with E-state index in [9.17, 15) is 9.59 Å². The highest BCUT2D eigenvalue weighted by atomic mass is 16.5. The topological polar surface area (TPSA) is 101 Å². The van der Waals surface area contributed by atoms with Crippen LogP contribution in [0.5, 0.6) is 0 Å². The molecule has 0 spiro atoms. The van der Waals surface area contributed by atoms with Crippen LogP contribution in [-0.2, 0) is 9.53 Å². The number of methoxy groups -OCH3 is 1. The summed E-state index contributed by atoms with van der Waals surface area (Å²) in [7, 11) is 1.22. The molecule has 0 saturated carbocycles. The summed E-state index contributed by atoms with van der Waals surface area (Å²) in [4.78, 5) is 29.6. The molecule has 0 bridgehead atoms. The van der Waals surface area contributed by atoms with Crippen LogP contribution in [0.4, 0.5) is 5.82 Å². The van der Waals surface area contributed by atoms with Crippen LogP contribution >= 0.6 is 0 Å². The van der Waals surface area contributed by atoms with E-state index in [0.717, 1.165) is 0 Å². The first-order chi connectivity index (χ1) is 7.86. The highest BCUT2D eigenvalue weighted by Crippen LogP contribution is 2.12. The standard InChI is InChI=1S/C10H13N3O4/c1-10(2,9(15)16)13-6-4-5-11-7(12-6)8(14)17-3/h4-5H,1-3H3,(H,15,16)(H,11,12,13). The smallest absolute Gasteiger partial charge is 0.376 e. The Hall–Kier alpha value is -2.18. The molecule has 0 unspecified atom stereocenters. The van der Waals surface area contributed by atoms with Crippen molar-refractivity contribution in [1.29, 1.82) is 0 Å². The van der Waals surface area contributed by atoms with Gasteiger partial charge in [0.15, 0.2) is 0 Å². The number of hydrogen-bond donors (Lipinski definition) is 2. The molecule has 1 heterocycles. The van der Waals surface area contributed by atoms with Gasteiger partial charge in [0.2, 0.25) is 5.82 Å². The number of anilines is 1. The van der Waals surface area contributed by atoms with Crippen molar-refractivity contribution in [2.45, 2.75) is 19.4 Å².